The lowest BCUT2D eigenvalue weighted by atomic mass is 10.0. The zero-order valence-electron chi connectivity index (χ0n) is 18.6. The molecule has 0 spiro atoms. The minimum atomic E-state index is -0.983. The number of aromatic nitrogens is 3. The molecule has 3 aromatic heterocycles. The van der Waals surface area contributed by atoms with Crippen molar-refractivity contribution in [3.05, 3.63) is 66.5 Å². The average Bonchev–Trinajstić information content (AvgIpc) is 3.34. The molecule has 174 valence electrons. The first-order valence-electron chi connectivity index (χ1n) is 10.6. The number of rotatable bonds is 8. The van der Waals surface area contributed by atoms with Gasteiger partial charge in [-0.25, -0.2) is 19.6 Å². The number of urea groups is 1. The first kappa shape index (κ1) is 23.3. The molecule has 0 unspecified atom stereocenters. The SMILES string of the molecule is CCO[C@@H](Cc1ccc(-c2cccc(N(C)C(=O)Nc3nccc4sncc34)n2)cc1)C(=O)O. The molecule has 3 heterocycles. The van der Waals surface area contributed by atoms with Gasteiger partial charge in [0.2, 0.25) is 0 Å². The third-order valence-corrected chi connectivity index (χ3v) is 5.97. The minimum absolute atomic E-state index is 0.278. The molecule has 1 atom stereocenters. The molecule has 0 saturated carbocycles. The Morgan fingerprint density at radius 1 is 1.18 bits per heavy atom. The van der Waals surface area contributed by atoms with Crippen LogP contribution in [0.3, 0.4) is 0 Å². The lowest BCUT2D eigenvalue weighted by Crippen LogP contribution is -2.32. The number of carbonyl (C=O) groups excluding carboxylic acids is 1. The Balaban J connectivity index is 1.48. The number of ether oxygens (including phenoxy) is 1. The maximum absolute atomic E-state index is 12.8. The number of nitrogens with zero attached hydrogens (tertiary/aromatic N) is 4. The van der Waals surface area contributed by atoms with Gasteiger partial charge in [0.15, 0.2) is 6.10 Å². The summed E-state index contributed by atoms with van der Waals surface area (Å²) in [5.74, 6) is -0.0677. The molecule has 0 radical (unpaired) electrons. The number of carboxylic acids is 1. The van der Waals surface area contributed by atoms with Crippen molar-refractivity contribution in [2.75, 3.05) is 23.9 Å². The van der Waals surface area contributed by atoms with E-state index in [1.165, 1.54) is 16.4 Å². The van der Waals surface area contributed by atoms with E-state index in [4.69, 9.17) is 4.74 Å². The fourth-order valence-electron chi connectivity index (χ4n) is 3.40. The lowest BCUT2D eigenvalue weighted by molar-refractivity contribution is -0.149. The van der Waals surface area contributed by atoms with Crippen molar-refractivity contribution in [2.24, 2.45) is 0 Å². The van der Waals surface area contributed by atoms with Gasteiger partial charge < -0.3 is 9.84 Å². The van der Waals surface area contributed by atoms with Crippen molar-refractivity contribution < 1.29 is 19.4 Å². The van der Waals surface area contributed by atoms with Crippen LogP contribution in [-0.4, -0.2) is 51.2 Å². The molecular formula is C24H23N5O4S. The van der Waals surface area contributed by atoms with E-state index in [-0.39, 0.29) is 12.5 Å². The van der Waals surface area contributed by atoms with Crippen LogP contribution < -0.4 is 10.2 Å². The van der Waals surface area contributed by atoms with Crippen LogP contribution in [0.2, 0.25) is 0 Å². The number of carbonyl (C=O) groups is 2. The highest BCUT2D eigenvalue weighted by atomic mass is 32.1. The molecule has 9 nitrogen and oxygen atoms in total. The van der Waals surface area contributed by atoms with Gasteiger partial charge in [-0.05, 0) is 42.2 Å². The van der Waals surface area contributed by atoms with Gasteiger partial charge in [-0.3, -0.25) is 10.2 Å². The Labute approximate surface area is 200 Å². The molecule has 1 aromatic carbocycles. The zero-order valence-corrected chi connectivity index (χ0v) is 19.5. The predicted octanol–water partition coefficient (Wildman–Crippen LogP) is 4.45. The molecule has 0 aliphatic heterocycles. The van der Waals surface area contributed by atoms with Crippen LogP contribution in [0.15, 0.2) is 60.9 Å². The monoisotopic (exact) mass is 477 g/mol. The quantitative estimate of drug-likeness (QED) is 0.385. The summed E-state index contributed by atoms with van der Waals surface area (Å²) in [7, 11) is 1.64. The Bertz CT molecular complexity index is 1310. The van der Waals surface area contributed by atoms with E-state index in [0.717, 1.165) is 21.2 Å². The second-order valence-electron chi connectivity index (χ2n) is 7.45. The molecule has 0 bridgehead atoms. The van der Waals surface area contributed by atoms with Crippen LogP contribution in [0, 0.1) is 0 Å². The molecule has 4 aromatic rings. The Hall–Kier alpha value is -3.89. The summed E-state index contributed by atoms with van der Waals surface area (Å²) in [6, 6.07) is 14.4. The van der Waals surface area contributed by atoms with Crippen LogP contribution in [0.4, 0.5) is 16.4 Å². The third kappa shape index (κ3) is 5.19. The van der Waals surface area contributed by atoms with Crippen molar-refractivity contribution in [3.8, 4) is 11.3 Å². The van der Waals surface area contributed by atoms with E-state index in [0.29, 0.717) is 23.9 Å². The minimum Gasteiger partial charge on any atom is -0.479 e. The number of aliphatic carboxylic acids is 1. The Morgan fingerprint density at radius 2 is 1.97 bits per heavy atom. The van der Waals surface area contributed by atoms with E-state index in [1.807, 2.05) is 42.5 Å². The fraction of sp³-hybridized carbons (Fsp3) is 0.208. The second kappa shape index (κ2) is 10.4. The lowest BCUT2D eigenvalue weighted by Gasteiger charge is -2.18. The van der Waals surface area contributed by atoms with Gasteiger partial charge in [-0.1, -0.05) is 30.3 Å². The highest BCUT2D eigenvalue weighted by molar-refractivity contribution is 7.13. The first-order chi connectivity index (χ1) is 16.5. The van der Waals surface area contributed by atoms with E-state index in [1.54, 1.807) is 32.4 Å². The normalized spacial score (nSPS) is 11.8. The summed E-state index contributed by atoms with van der Waals surface area (Å²) in [6.07, 6.45) is 2.71. The molecule has 0 aliphatic rings. The summed E-state index contributed by atoms with van der Waals surface area (Å²) < 4.78 is 10.4. The Morgan fingerprint density at radius 3 is 2.71 bits per heavy atom. The molecule has 34 heavy (non-hydrogen) atoms. The predicted molar refractivity (Wildman–Crippen MR) is 131 cm³/mol. The third-order valence-electron chi connectivity index (χ3n) is 5.21. The van der Waals surface area contributed by atoms with E-state index >= 15 is 0 Å². The van der Waals surface area contributed by atoms with Crippen LogP contribution in [0.25, 0.3) is 21.3 Å². The van der Waals surface area contributed by atoms with Gasteiger partial charge >= 0.3 is 12.0 Å². The number of hydrogen-bond acceptors (Lipinski definition) is 7. The van der Waals surface area contributed by atoms with Gasteiger partial charge in [-0.2, -0.15) is 4.37 Å². The molecule has 4 rings (SSSR count). The van der Waals surface area contributed by atoms with Gasteiger partial charge in [0, 0.05) is 31.8 Å². The summed E-state index contributed by atoms with van der Waals surface area (Å²) in [4.78, 5) is 34.5. The highest BCUT2D eigenvalue weighted by Crippen LogP contribution is 2.25. The van der Waals surface area contributed by atoms with E-state index in [9.17, 15) is 14.7 Å². The number of benzene rings is 1. The Kier molecular flexibility index (Phi) is 7.09. The van der Waals surface area contributed by atoms with Crippen molar-refractivity contribution in [1.29, 1.82) is 0 Å². The molecule has 0 fully saturated rings. The van der Waals surface area contributed by atoms with Crippen LogP contribution in [-0.2, 0) is 16.0 Å². The van der Waals surface area contributed by atoms with Crippen LogP contribution >= 0.6 is 11.5 Å². The smallest absolute Gasteiger partial charge is 0.333 e. The van der Waals surface area contributed by atoms with Crippen LogP contribution in [0.5, 0.6) is 0 Å². The number of amides is 2. The molecule has 0 aliphatic carbocycles. The number of anilines is 2. The second-order valence-corrected chi connectivity index (χ2v) is 8.28. The fourth-order valence-corrected chi connectivity index (χ4v) is 4.04. The molecule has 2 amide bonds. The zero-order chi connectivity index (χ0) is 24.1. The van der Waals surface area contributed by atoms with E-state index in [2.05, 4.69) is 19.7 Å². The number of pyridine rings is 2. The van der Waals surface area contributed by atoms with Gasteiger partial charge in [0.1, 0.15) is 11.6 Å². The summed E-state index contributed by atoms with van der Waals surface area (Å²) in [5, 5.41) is 12.9. The van der Waals surface area contributed by atoms with Crippen molar-refractivity contribution >= 4 is 45.3 Å². The topological polar surface area (TPSA) is 118 Å². The van der Waals surface area contributed by atoms with Crippen molar-refractivity contribution in [3.63, 3.8) is 0 Å². The number of nitrogens with one attached hydrogen (secondary N) is 1. The summed E-state index contributed by atoms with van der Waals surface area (Å²) in [5.41, 5.74) is 2.38. The molecule has 10 heteroatoms. The largest absolute Gasteiger partial charge is 0.479 e. The molecular weight excluding hydrogens is 454 g/mol. The molecule has 0 saturated heterocycles. The van der Waals surface area contributed by atoms with Crippen molar-refractivity contribution in [1.82, 2.24) is 14.3 Å². The van der Waals surface area contributed by atoms with Gasteiger partial charge in [-0.15, -0.1) is 0 Å². The highest BCUT2D eigenvalue weighted by Gasteiger charge is 2.18. The number of hydrogen-bond donors (Lipinski definition) is 2. The molecule has 2 N–H and O–H groups in total. The van der Waals surface area contributed by atoms with Crippen molar-refractivity contribution in [2.45, 2.75) is 19.4 Å². The standard InChI is InChI=1S/C24H23N5O4S/c1-3-33-19(23(30)31)13-15-7-9-16(10-8-15)18-5-4-6-21(27-18)29(2)24(32)28-22-17-14-26-34-20(17)11-12-25-22/h4-12,14,19H,3,13H2,1-2H3,(H,30,31)(H,25,28,32)/t19-/m0/s1. The van der Waals surface area contributed by atoms with Crippen LogP contribution in [0.1, 0.15) is 12.5 Å². The maximum Gasteiger partial charge on any atom is 0.333 e. The maximum atomic E-state index is 12.8. The summed E-state index contributed by atoms with van der Waals surface area (Å²) >= 11 is 1.34. The first-order valence-corrected chi connectivity index (χ1v) is 11.4. The van der Waals surface area contributed by atoms with Gasteiger partial charge in [0.05, 0.1) is 22.0 Å². The van der Waals surface area contributed by atoms with Gasteiger partial charge in [0.25, 0.3) is 0 Å². The van der Waals surface area contributed by atoms with E-state index < -0.39 is 12.1 Å². The number of fused-ring (bicyclic) bond motifs is 1. The average molecular weight is 478 g/mol. The summed E-state index contributed by atoms with van der Waals surface area (Å²) in [6.45, 7) is 2.10. The number of carboxylic acid groups (broad SMARTS) is 1.